The van der Waals surface area contributed by atoms with Crippen LogP contribution in [0.1, 0.15) is 28.5 Å². The highest BCUT2D eigenvalue weighted by Gasteiger charge is 2.18. The zero-order valence-corrected chi connectivity index (χ0v) is 11.6. The van der Waals surface area contributed by atoms with Gasteiger partial charge in [-0.2, -0.15) is 5.26 Å². The van der Waals surface area contributed by atoms with Crippen LogP contribution >= 0.6 is 0 Å². The maximum atomic E-state index is 11.9. The number of hydrogen-bond donors (Lipinski definition) is 0. The molecule has 0 fully saturated rings. The fourth-order valence-electron chi connectivity index (χ4n) is 1.77. The quantitative estimate of drug-likeness (QED) is 0.788. The lowest BCUT2D eigenvalue weighted by Crippen LogP contribution is -2.10. The third kappa shape index (κ3) is 3.57. The SMILES string of the molecule is CCOC(=O)c1ccnc(C#N)c1OCc1ccccc1. The van der Waals surface area contributed by atoms with E-state index in [0.29, 0.717) is 0 Å². The van der Waals surface area contributed by atoms with Crippen LogP contribution in [0.4, 0.5) is 0 Å². The van der Waals surface area contributed by atoms with Gasteiger partial charge in [0.1, 0.15) is 18.2 Å². The second kappa shape index (κ2) is 7.06. The van der Waals surface area contributed by atoms with E-state index in [0.717, 1.165) is 5.56 Å². The highest BCUT2D eigenvalue weighted by molar-refractivity contribution is 5.93. The first-order valence-electron chi connectivity index (χ1n) is 6.49. The number of aromatic nitrogens is 1. The van der Waals surface area contributed by atoms with Gasteiger partial charge in [0, 0.05) is 6.20 Å². The summed E-state index contributed by atoms with van der Waals surface area (Å²) in [6.07, 6.45) is 1.39. The standard InChI is InChI=1S/C16H14N2O3/c1-2-20-16(19)13-8-9-18-14(10-17)15(13)21-11-12-6-4-3-5-7-12/h3-9H,2,11H2,1H3. The van der Waals surface area contributed by atoms with E-state index in [4.69, 9.17) is 14.7 Å². The Morgan fingerprint density at radius 1 is 1.29 bits per heavy atom. The monoisotopic (exact) mass is 282 g/mol. The Morgan fingerprint density at radius 3 is 2.71 bits per heavy atom. The molecule has 2 rings (SSSR count). The minimum absolute atomic E-state index is 0.0662. The molecule has 0 saturated heterocycles. The average Bonchev–Trinajstić information content (AvgIpc) is 2.53. The number of rotatable bonds is 5. The van der Waals surface area contributed by atoms with Gasteiger partial charge in [-0.15, -0.1) is 0 Å². The molecular formula is C16H14N2O3. The van der Waals surface area contributed by atoms with Crippen LogP contribution in [-0.4, -0.2) is 17.6 Å². The smallest absolute Gasteiger partial charge is 0.342 e. The van der Waals surface area contributed by atoms with Crippen LogP contribution in [0.15, 0.2) is 42.6 Å². The van der Waals surface area contributed by atoms with E-state index in [-0.39, 0.29) is 30.2 Å². The summed E-state index contributed by atoms with van der Waals surface area (Å²) < 4.78 is 10.6. The number of hydrogen-bond acceptors (Lipinski definition) is 5. The van der Waals surface area contributed by atoms with E-state index in [1.807, 2.05) is 36.4 Å². The Labute approximate surface area is 122 Å². The lowest BCUT2D eigenvalue weighted by molar-refractivity contribution is 0.0521. The highest BCUT2D eigenvalue weighted by Crippen LogP contribution is 2.23. The molecule has 0 saturated carbocycles. The summed E-state index contributed by atoms with van der Waals surface area (Å²) in [5.74, 6) is -0.373. The average molecular weight is 282 g/mol. The topological polar surface area (TPSA) is 72.2 Å². The lowest BCUT2D eigenvalue weighted by Gasteiger charge is -2.11. The van der Waals surface area contributed by atoms with Crippen LogP contribution in [0.25, 0.3) is 0 Å². The molecule has 1 heterocycles. The molecule has 0 atom stereocenters. The molecule has 0 bridgehead atoms. The van der Waals surface area contributed by atoms with Crippen LogP contribution in [-0.2, 0) is 11.3 Å². The van der Waals surface area contributed by atoms with Crippen molar-refractivity contribution in [2.24, 2.45) is 0 Å². The van der Waals surface area contributed by atoms with Gasteiger partial charge < -0.3 is 9.47 Å². The fraction of sp³-hybridized carbons (Fsp3) is 0.188. The number of ether oxygens (including phenoxy) is 2. The number of benzene rings is 1. The van der Waals surface area contributed by atoms with Crippen LogP contribution in [0, 0.1) is 11.3 Å². The number of carbonyl (C=O) groups excluding carboxylic acids is 1. The van der Waals surface area contributed by atoms with Crippen molar-refractivity contribution in [2.75, 3.05) is 6.61 Å². The normalized spacial score (nSPS) is 9.71. The molecule has 0 unspecified atom stereocenters. The second-order valence-electron chi connectivity index (χ2n) is 4.14. The van der Waals surface area contributed by atoms with Gasteiger partial charge in [0.2, 0.25) is 0 Å². The first-order chi connectivity index (χ1) is 10.3. The summed E-state index contributed by atoms with van der Waals surface area (Å²) in [7, 11) is 0. The van der Waals surface area contributed by atoms with Crippen molar-refractivity contribution in [1.29, 1.82) is 5.26 Å². The van der Waals surface area contributed by atoms with Crippen molar-refractivity contribution in [2.45, 2.75) is 13.5 Å². The van der Waals surface area contributed by atoms with Crippen molar-refractivity contribution in [3.05, 3.63) is 59.4 Å². The minimum atomic E-state index is -0.528. The Kier molecular flexibility index (Phi) is 4.89. The zero-order valence-electron chi connectivity index (χ0n) is 11.6. The zero-order chi connectivity index (χ0) is 15.1. The number of esters is 1. The van der Waals surface area contributed by atoms with E-state index in [1.165, 1.54) is 12.3 Å². The van der Waals surface area contributed by atoms with Crippen LogP contribution in [0.2, 0.25) is 0 Å². The van der Waals surface area contributed by atoms with Crippen molar-refractivity contribution in [3.8, 4) is 11.8 Å². The summed E-state index contributed by atoms with van der Waals surface area (Å²) in [4.78, 5) is 15.8. The largest absolute Gasteiger partial charge is 0.485 e. The molecule has 5 nitrogen and oxygen atoms in total. The molecule has 5 heteroatoms. The number of nitrogens with zero attached hydrogens (tertiary/aromatic N) is 2. The second-order valence-corrected chi connectivity index (χ2v) is 4.14. The lowest BCUT2D eigenvalue weighted by atomic mass is 10.2. The summed E-state index contributed by atoms with van der Waals surface area (Å²) >= 11 is 0. The van der Waals surface area contributed by atoms with Gasteiger partial charge in [-0.25, -0.2) is 9.78 Å². The Morgan fingerprint density at radius 2 is 2.05 bits per heavy atom. The van der Waals surface area contributed by atoms with Crippen LogP contribution in [0.5, 0.6) is 5.75 Å². The van der Waals surface area contributed by atoms with E-state index >= 15 is 0 Å². The first kappa shape index (κ1) is 14.5. The third-order valence-electron chi connectivity index (χ3n) is 2.73. The Bertz CT molecular complexity index is 663. The molecule has 0 aliphatic heterocycles. The molecule has 2 aromatic rings. The van der Waals surface area contributed by atoms with Gasteiger partial charge in [0.25, 0.3) is 0 Å². The number of pyridine rings is 1. The summed E-state index contributed by atoms with van der Waals surface area (Å²) in [6, 6.07) is 12.9. The maximum absolute atomic E-state index is 11.9. The number of carbonyl (C=O) groups is 1. The van der Waals surface area contributed by atoms with Gasteiger partial charge in [-0.1, -0.05) is 30.3 Å². The summed E-state index contributed by atoms with van der Waals surface area (Å²) in [5, 5.41) is 9.11. The van der Waals surface area contributed by atoms with E-state index in [9.17, 15) is 4.79 Å². The molecule has 0 radical (unpaired) electrons. The molecule has 106 valence electrons. The van der Waals surface area contributed by atoms with E-state index < -0.39 is 5.97 Å². The van der Waals surface area contributed by atoms with Crippen molar-refractivity contribution in [3.63, 3.8) is 0 Å². The molecule has 0 aliphatic carbocycles. The Hall–Kier alpha value is -2.87. The van der Waals surface area contributed by atoms with E-state index in [2.05, 4.69) is 4.98 Å². The molecule has 1 aromatic carbocycles. The molecular weight excluding hydrogens is 268 g/mol. The summed E-state index contributed by atoms with van der Waals surface area (Å²) in [6.45, 7) is 2.21. The van der Waals surface area contributed by atoms with Crippen molar-refractivity contribution in [1.82, 2.24) is 4.98 Å². The van der Waals surface area contributed by atoms with Crippen molar-refractivity contribution >= 4 is 5.97 Å². The minimum Gasteiger partial charge on any atom is -0.485 e. The van der Waals surface area contributed by atoms with Crippen LogP contribution in [0.3, 0.4) is 0 Å². The summed E-state index contributed by atoms with van der Waals surface area (Å²) in [5.41, 5.74) is 1.20. The third-order valence-corrected chi connectivity index (χ3v) is 2.73. The molecule has 0 aliphatic rings. The Balaban J connectivity index is 2.28. The van der Waals surface area contributed by atoms with Gasteiger partial charge in [0.15, 0.2) is 11.4 Å². The van der Waals surface area contributed by atoms with Crippen molar-refractivity contribution < 1.29 is 14.3 Å². The van der Waals surface area contributed by atoms with Gasteiger partial charge in [0.05, 0.1) is 6.61 Å². The molecule has 0 spiro atoms. The first-order valence-corrected chi connectivity index (χ1v) is 6.49. The predicted molar refractivity (Wildman–Crippen MR) is 75.7 cm³/mol. The number of nitriles is 1. The maximum Gasteiger partial charge on any atom is 0.342 e. The predicted octanol–water partition coefficient (Wildman–Crippen LogP) is 2.71. The fourth-order valence-corrected chi connectivity index (χ4v) is 1.77. The molecule has 21 heavy (non-hydrogen) atoms. The van der Waals surface area contributed by atoms with Gasteiger partial charge >= 0.3 is 5.97 Å². The molecule has 0 N–H and O–H groups in total. The molecule has 1 aromatic heterocycles. The molecule has 0 amide bonds. The van der Waals surface area contributed by atoms with Gasteiger partial charge in [-0.05, 0) is 18.6 Å². The van der Waals surface area contributed by atoms with E-state index in [1.54, 1.807) is 6.92 Å². The highest BCUT2D eigenvalue weighted by atomic mass is 16.5. The van der Waals surface area contributed by atoms with Crippen LogP contribution < -0.4 is 4.74 Å². The van der Waals surface area contributed by atoms with Gasteiger partial charge in [-0.3, -0.25) is 0 Å².